The highest BCUT2D eigenvalue weighted by atomic mass is 16.2. The first-order valence-electron chi connectivity index (χ1n) is 8.79. The number of hydrogen-bond acceptors (Lipinski definition) is 2. The maximum Gasteiger partial charge on any atom is 0.253 e. The minimum atomic E-state index is 0.150. The van der Waals surface area contributed by atoms with Gasteiger partial charge >= 0.3 is 0 Å². The van der Waals surface area contributed by atoms with Gasteiger partial charge in [-0.05, 0) is 38.0 Å². The van der Waals surface area contributed by atoms with Gasteiger partial charge in [0.05, 0.1) is 0 Å². The first kappa shape index (κ1) is 16.7. The van der Waals surface area contributed by atoms with E-state index in [-0.39, 0.29) is 5.91 Å². The standard InChI is InChI=1S/C21H26N2O/c1-17-15-22(21(24)20-11-7-4-8-12-20)16-18(2)23(17)14-13-19-9-5-3-6-10-19/h3-12,17-18H,13-16H2,1-2H3. The first-order chi connectivity index (χ1) is 11.6. The average Bonchev–Trinajstić information content (AvgIpc) is 2.62. The van der Waals surface area contributed by atoms with Gasteiger partial charge in [-0.15, -0.1) is 0 Å². The molecule has 1 aliphatic rings. The van der Waals surface area contributed by atoms with Crippen molar-refractivity contribution < 1.29 is 4.79 Å². The summed E-state index contributed by atoms with van der Waals surface area (Å²) in [5.41, 5.74) is 2.16. The summed E-state index contributed by atoms with van der Waals surface area (Å²) in [6.45, 7) is 7.09. The van der Waals surface area contributed by atoms with E-state index in [1.54, 1.807) is 0 Å². The van der Waals surface area contributed by atoms with Crippen molar-refractivity contribution >= 4 is 5.91 Å². The highest BCUT2D eigenvalue weighted by Gasteiger charge is 2.31. The maximum absolute atomic E-state index is 12.7. The Morgan fingerprint density at radius 1 is 0.917 bits per heavy atom. The fourth-order valence-corrected chi connectivity index (χ4v) is 3.63. The number of amides is 1. The molecule has 2 unspecified atom stereocenters. The Labute approximate surface area is 144 Å². The third-order valence-electron chi connectivity index (χ3n) is 4.91. The van der Waals surface area contributed by atoms with Gasteiger partial charge in [0, 0.05) is 37.3 Å². The van der Waals surface area contributed by atoms with Crippen LogP contribution in [0.4, 0.5) is 0 Å². The first-order valence-corrected chi connectivity index (χ1v) is 8.79. The Morgan fingerprint density at radius 3 is 2.04 bits per heavy atom. The Hall–Kier alpha value is -2.13. The number of piperazine rings is 1. The van der Waals surface area contributed by atoms with Crippen LogP contribution in [0, 0.1) is 0 Å². The van der Waals surface area contributed by atoms with Crippen molar-refractivity contribution in [2.75, 3.05) is 19.6 Å². The largest absolute Gasteiger partial charge is 0.336 e. The summed E-state index contributed by atoms with van der Waals surface area (Å²) in [6.07, 6.45) is 1.06. The zero-order valence-electron chi connectivity index (χ0n) is 14.6. The van der Waals surface area contributed by atoms with Crippen LogP contribution in [0.15, 0.2) is 60.7 Å². The van der Waals surface area contributed by atoms with Crippen LogP contribution in [0.25, 0.3) is 0 Å². The molecular formula is C21H26N2O. The number of carbonyl (C=O) groups excluding carboxylic acids is 1. The van der Waals surface area contributed by atoms with Crippen molar-refractivity contribution in [2.24, 2.45) is 0 Å². The molecule has 0 bridgehead atoms. The molecule has 0 aliphatic carbocycles. The smallest absolute Gasteiger partial charge is 0.253 e. The summed E-state index contributed by atoms with van der Waals surface area (Å²) >= 11 is 0. The molecule has 2 aromatic carbocycles. The van der Waals surface area contributed by atoms with E-state index < -0.39 is 0 Å². The van der Waals surface area contributed by atoms with Crippen molar-refractivity contribution in [1.82, 2.24) is 9.80 Å². The SMILES string of the molecule is CC1CN(C(=O)c2ccccc2)CC(C)N1CCc1ccccc1. The average molecular weight is 322 g/mol. The number of rotatable bonds is 4. The molecule has 0 saturated carbocycles. The van der Waals surface area contributed by atoms with Crippen LogP contribution < -0.4 is 0 Å². The Balaban J connectivity index is 1.61. The summed E-state index contributed by atoms with van der Waals surface area (Å²) in [5.74, 6) is 0.150. The van der Waals surface area contributed by atoms with E-state index in [4.69, 9.17) is 0 Å². The van der Waals surface area contributed by atoms with E-state index in [0.29, 0.717) is 12.1 Å². The molecule has 1 amide bonds. The molecule has 3 heteroatoms. The summed E-state index contributed by atoms with van der Waals surface area (Å²) in [4.78, 5) is 17.2. The molecule has 24 heavy (non-hydrogen) atoms. The van der Waals surface area contributed by atoms with E-state index in [2.05, 4.69) is 49.1 Å². The quantitative estimate of drug-likeness (QED) is 0.860. The van der Waals surface area contributed by atoms with Crippen LogP contribution in [-0.4, -0.2) is 47.4 Å². The number of hydrogen-bond donors (Lipinski definition) is 0. The zero-order chi connectivity index (χ0) is 16.9. The minimum absolute atomic E-state index is 0.150. The van der Waals surface area contributed by atoms with Gasteiger partial charge < -0.3 is 4.90 Å². The van der Waals surface area contributed by atoms with Crippen LogP contribution >= 0.6 is 0 Å². The van der Waals surface area contributed by atoms with Gasteiger partial charge in [0.2, 0.25) is 0 Å². The van der Waals surface area contributed by atoms with Crippen molar-refractivity contribution in [2.45, 2.75) is 32.4 Å². The lowest BCUT2D eigenvalue weighted by atomic mass is 10.0. The zero-order valence-corrected chi connectivity index (χ0v) is 14.6. The molecule has 0 spiro atoms. The summed E-state index contributed by atoms with van der Waals surface area (Å²) < 4.78 is 0. The van der Waals surface area contributed by atoms with Crippen LogP contribution in [0.2, 0.25) is 0 Å². The molecule has 1 heterocycles. The molecule has 3 nitrogen and oxygen atoms in total. The minimum Gasteiger partial charge on any atom is -0.336 e. The maximum atomic E-state index is 12.7. The van der Waals surface area contributed by atoms with E-state index in [1.807, 2.05) is 35.2 Å². The molecule has 1 fully saturated rings. The topological polar surface area (TPSA) is 23.6 Å². The van der Waals surface area contributed by atoms with E-state index in [9.17, 15) is 4.79 Å². The van der Waals surface area contributed by atoms with Gasteiger partial charge in [-0.1, -0.05) is 48.5 Å². The van der Waals surface area contributed by atoms with Crippen molar-refractivity contribution in [3.8, 4) is 0 Å². The predicted molar refractivity (Wildman–Crippen MR) is 98.1 cm³/mol. The summed E-state index contributed by atoms with van der Waals surface area (Å²) in [7, 11) is 0. The van der Waals surface area contributed by atoms with E-state index >= 15 is 0 Å². The fourth-order valence-electron chi connectivity index (χ4n) is 3.63. The lowest BCUT2D eigenvalue weighted by molar-refractivity contribution is 0.0311. The molecule has 2 atom stereocenters. The van der Waals surface area contributed by atoms with Crippen molar-refractivity contribution in [3.63, 3.8) is 0 Å². The second kappa shape index (κ2) is 7.63. The molecule has 0 aromatic heterocycles. The van der Waals surface area contributed by atoms with Gasteiger partial charge in [0.15, 0.2) is 0 Å². The Kier molecular flexibility index (Phi) is 5.31. The molecule has 2 aromatic rings. The van der Waals surface area contributed by atoms with Gasteiger partial charge in [-0.2, -0.15) is 0 Å². The summed E-state index contributed by atoms with van der Waals surface area (Å²) in [5, 5.41) is 0. The van der Waals surface area contributed by atoms with Gasteiger partial charge in [-0.3, -0.25) is 9.69 Å². The van der Waals surface area contributed by atoms with Gasteiger partial charge in [-0.25, -0.2) is 0 Å². The lowest BCUT2D eigenvalue weighted by Crippen LogP contribution is -2.58. The predicted octanol–water partition coefficient (Wildman–Crippen LogP) is 3.46. The second-order valence-electron chi connectivity index (χ2n) is 6.75. The van der Waals surface area contributed by atoms with Crippen molar-refractivity contribution in [1.29, 1.82) is 0 Å². The van der Waals surface area contributed by atoms with Crippen LogP contribution in [0.5, 0.6) is 0 Å². The fraction of sp³-hybridized carbons (Fsp3) is 0.381. The molecule has 0 N–H and O–H groups in total. The third kappa shape index (κ3) is 3.85. The highest BCUT2D eigenvalue weighted by Crippen LogP contribution is 2.18. The molecule has 0 radical (unpaired) electrons. The van der Waals surface area contributed by atoms with Crippen LogP contribution in [0.3, 0.4) is 0 Å². The second-order valence-corrected chi connectivity index (χ2v) is 6.75. The van der Waals surface area contributed by atoms with Crippen LogP contribution in [-0.2, 0) is 6.42 Å². The van der Waals surface area contributed by atoms with Crippen LogP contribution in [0.1, 0.15) is 29.8 Å². The third-order valence-corrected chi connectivity index (χ3v) is 4.91. The normalized spacial score (nSPS) is 21.7. The Bertz CT molecular complexity index is 644. The van der Waals surface area contributed by atoms with E-state index in [0.717, 1.165) is 31.6 Å². The van der Waals surface area contributed by atoms with Crippen molar-refractivity contribution in [3.05, 3.63) is 71.8 Å². The monoisotopic (exact) mass is 322 g/mol. The number of nitrogens with zero attached hydrogens (tertiary/aromatic N) is 2. The highest BCUT2D eigenvalue weighted by molar-refractivity contribution is 5.94. The van der Waals surface area contributed by atoms with Gasteiger partial charge in [0.25, 0.3) is 5.91 Å². The molecular weight excluding hydrogens is 296 g/mol. The summed E-state index contributed by atoms with van der Waals surface area (Å²) in [6, 6.07) is 21.0. The lowest BCUT2D eigenvalue weighted by Gasteiger charge is -2.44. The van der Waals surface area contributed by atoms with Gasteiger partial charge in [0.1, 0.15) is 0 Å². The molecule has 3 rings (SSSR count). The van der Waals surface area contributed by atoms with E-state index in [1.165, 1.54) is 5.56 Å². The molecule has 1 saturated heterocycles. The number of carbonyl (C=O) groups is 1. The Morgan fingerprint density at radius 2 is 1.46 bits per heavy atom. The number of benzene rings is 2. The molecule has 1 aliphatic heterocycles. The molecule has 126 valence electrons.